The number of aromatic amines is 1. The third-order valence-electron chi connectivity index (χ3n) is 5.41. The maximum absolute atomic E-state index is 12.9. The van der Waals surface area contributed by atoms with Gasteiger partial charge in [-0.05, 0) is 43.5 Å². The predicted octanol–water partition coefficient (Wildman–Crippen LogP) is 2.67. The van der Waals surface area contributed by atoms with E-state index in [0.29, 0.717) is 17.4 Å². The highest BCUT2D eigenvalue weighted by Gasteiger charge is 2.28. The van der Waals surface area contributed by atoms with Gasteiger partial charge in [-0.3, -0.25) is 9.36 Å². The fourth-order valence-electron chi connectivity index (χ4n) is 3.68. The van der Waals surface area contributed by atoms with Gasteiger partial charge in [-0.25, -0.2) is 18.3 Å². The Morgan fingerprint density at radius 2 is 1.94 bits per heavy atom. The molecule has 1 aromatic carbocycles. The number of sulfonamides is 1. The van der Waals surface area contributed by atoms with Gasteiger partial charge in [0.05, 0.1) is 10.6 Å². The highest BCUT2D eigenvalue weighted by atomic mass is 32.2. The maximum Gasteiger partial charge on any atom is 0.343 e. The van der Waals surface area contributed by atoms with Crippen LogP contribution in [0.15, 0.2) is 39.1 Å². The molecule has 1 heterocycles. The number of benzene rings is 1. The van der Waals surface area contributed by atoms with E-state index < -0.39 is 10.0 Å². The first-order valence-corrected chi connectivity index (χ1v) is 12.9. The molecule has 0 bridgehead atoms. The summed E-state index contributed by atoms with van der Waals surface area (Å²) in [5.41, 5.74) is 0.220. The van der Waals surface area contributed by atoms with E-state index in [0.717, 1.165) is 38.5 Å². The van der Waals surface area contributed by atoms with Gasteiger partial charge in [0.2, 0.25) is 15.9 Å². The van der Waals surface area contributed by atoms with Gasteiger partial charge in [-0.15, -0.1) is 5.10 Å². The highest BCUT2D eigenvalue weighted by Crippen LogP contribution is 2.27. The minimum Gasteiger partial charge on any atom is -0.325 e. The lowest BCUT2D eigenvalue weighted by Crippen LogP contribution is -2.38. The van der Waals surface area contributed by atoms with E-state index in [1.807, 2.05) is 6.92 Å². The Balaban J connectivity index is 1.58. The SMILES string of the molecule is CCCn1c(SCC(=O)Nc2ccc(S(=O)(=O)N(C)C3CCCCC3)cc2)n[nH]c1=O. The van der Waals surface area contributed by atoms with Gasteiger partial charge in [0.25, 0.3) is 0 Å². The average molecular weight is 468 g/mol. The summed E-state index contributed by atoms with van der Waals surface area (Å²) in [6, 6.07) is 6.26. The van der Waals surface area contributed by atoms with E-state index in [4.69, 9.17) is 0 Å². The van der Waals surface area contributed by atoms with E-state index in [9.17, 15) is 18.0 Å². The summed E-state index contributed by atoms with van der Waals surface area (Å²) < 4.78 is 28.8. The molecule has 1 fully saturated rings. The zero-order valence-electron chi connectivity index (χ0n) is 17.8. The van der Waals surface area contributed by atoms with Crippen molar-refractivity contribution in [1.29, 1.82) is 0 Å². The number of aromatic nitrogens is 3. The van der Waals surface area contributed by atoms with Crippen LogP contribution >= 0.6 is 11.8 Å². The van der Waals surface area contributed by atoms with Crippen LogP contribution in [0.3, 0.4) is 0 Å². The minimum absolute atomic E-state index is 0.0438. The summed E-state index contributed by atoms with van der Waals surface area (Å²) in [7, 11) is -1.92. The molecule has 11 heteroatoms. The van der Waals surface area contributed by atoms with Gasteiger partial charge in [-0.2, -0.15) is 4.31 Å². The van der Waals surface area contributed by atoms with Crippen molar-refractivity contribution in [2.75, 3.05) is 18.1 Å². The monoisotopic (exact) mass is 467 g/mol. The molecule has 2 N–H and O–H groups in total. The Morgan fingerprint density at radius 1 is 1.26 bits per heavy atom. The van der Waals surface area contributed by atoms with Crippen molar-refractivity contribution in [2.45, 2.75) is 68.1 Å². The van der Waals surface area contributed by atoms with E-state index >= 15 is 0 Å². The van der Waals surface area contributed by atoms with Crippen LogP contribution in [0.4, 0.5) is 5.69 Å². The Hall–Kier alpha value is -2.11. The second-order valence-electron chi connectivity index (χ2n) is 7.64. The van der Waals surface area contributed by atoms with Crippen molar-refractivity contribution in [3.8, 4) is 0 Å². The van der Waals surface area contributed by atoms with Gasteiger partial charge < -0.3 is 5.32 Å². The number of nitrogens with one attached hydrogen (secondary N) is 2. The molecule has 1 saturated carbocycles. The van der Waals surface area contributed by atoms with Crippen molar-refractivity contribution in [3.63, 3.8) is 0 Å². The first kappa shape index (κ1) is 23.6. The van der Waals surface area contributed by atoms with Crippen molar-refractivity contribution < 1.29 is 13.2 Å². The molecule has 0 spiro atoms. The number of nitrogens with zero attached hydrogens (tertiary/aromatic N) is 3. The van der Waals surface area contributed by atoms with Crippen LogP contribution in [0.1, 0.15) is 45.4 Å². The molecule has 0 radical (unpaired) electrons. The minimum atomic E-state index is -3.57. The molecule has 31 heavy (non-hydrogen) atoms. The second kappa shape index (κ2) is 10.5. The van der Waals surface area contributed by atoms with Crippen molar-refractivity contribution >= 4 is 33.4 Å². The molecule has 170 valence electrons. The van der Waals surface area contributed by atoms with Crippen LogP contribution in [0.5, 0.6) is 0 Å². The molecule has 1 aliphatic rings. The summed E-state index contributed by atoms with van der Waals surface area (Å²) in [5.74, 6) is -0.184. The molecule has 1 aliphatic carbocycles. The van der Waals surface area contributed by atoms with Gasteiger partial charge in [0, 0.05) is 25.3 Å². The Morgan fingerprint density at radius 3 is 2.58 bits per heavy atom. The van der Waals surface area contributed by atoms with Crippen molar-refractivity contribution in [3.05, 3.63) is 34.7 Å². The van der Waals surface area contributed by atoms with Crippen LogP contribution in [0.2, 0.25) is 0 Å². The number of rotatable bonds is 9. The summed E-state index contributed by atoms with van der Waals surface area (Å²) in [5, 5.41) is 9.55. The third kappa shape index (κ3) is 5.78. The topological polar surface area (TPSA) is 117 Å². The van der Waals surface area contributed by atoms with Crippen molar-refractivity contribution in [1.82, 2.24) is 19.1 Å². The van der Waals surface area contributed by atoms with Crippen LogP contribution in [0.25, 0.3) is 0 Å². The fraction of sp³-hybridized carbons (Fsp3) is 0.550. The fourth-order valence-corrected chi connectivity index (χ4v) is 5.87. The number of amides is 1. The van der Waals surface area contributed by atoms with E-state index in [1.54, 1.807) is 19.2 Å². The second-order valence-corrected chi connectivity index (χ2v) is 10.6. The zero-order chi connectivity index (χ0) is 22.4. The number of carbonyl (C=O) groups is 1. The largest absolute Gasteiger partial charge is 0.343 e. The average Bonchev–Trinajstić information content (AvgIpc) is 3.12. The van der Waals surface area contributed by atoms with Crippen molar-refractivity contribution in [2.24, 2.45) is 0 Å². The maximum atomic E-state index is 12.9. The van der Waals surface area contributed by atoms with E-state index in [1.165, 1.54) is 32.8 Å². The molecular formula is C20H29N5O4S2. The molecule has 0 aliphatic heterocycles. The first-order valence-electron chi connectivity index (χ1n) is 10.5. The van der Waals surface area contributed by atoms with E-state index in [2.05, 4.69) is 15.5 Å². The van der Waals surface area contributed by atoms with E-state index in [-0.39, 0.29) is 28.3 Å². The van der Waals surface area contributed by atoms with Gasteiger partial charge in [0.15, 0.2) is 5.16 Å². The summed E-state index contributed by atoms with van der Waals surface area (Å²) in [6.45, 7) is 2.49. The van der Waals surface area contributed by atoms with Crippen LogP contribution in [0, 0.1) is 0 Å². The third-order valence-corrected chi connectivity index (χ3v) is 8.31. The normalized spacial score (nSPS) is 15.3. The molecule has 0 saturated heterocycles. The Labute approximate surface area is 186 Å². The molecule has 1 aromatic heterocycles. The number of carbonyl (C=O) groups excluding carboxylic acids is 1. The molecule has 2 aromatic rings. The lowest BCUT2D eigenvalue weighted by Gasteiger charge is -2.30. The standard InChI is InChI=1S/C20H29N5O4S2/c1-3-13-25-19(27)22-23-20(25)30-14-18(26)21-15-9-11-17(12-10-15)31(28,29)24(2)16-7-5-4-6-8-16/h9-12,16H,3-8,13-14H2,1-2H3,(H,21,26)(H,22,27). The molecule has 1 amide bonds. The first-order chi connectivity index (χ1) is 14.8. The smallest absolute Gasteiger partial charge is 0.325 e. The Kier molecular flexibility index (Phi) is 7.95. The number of anilines is 1. The summed E-state index contributed by atoms with van der Waals surface area (Å²) >= 11 is 1.17. The lowest BCUT2D eigenvalue weighted by molar-refractivity contribution is -0.113. The number of hydrogen-bond donors (Lipinski definition) is 2. The van der Waals surface area contributed by atoms with Crippen LogP contribution in [-0.2, 0) is 21.4 Å². The van der Waals surface area contributed by atoms with Gasteiger partial charge in [0.1, 0.15) is 0 Å². The quantitative estimate of drug-likeness (QED) is 0.548. The van der Waals surface area contributed by atoms with Gasteiger partial charge >= 0.3 is 5.69 Å². The molecule has 3 rings (SSSR count). The predicted molar refractivity (Wildman–Crippen MR) is 121 cm³/mol. The highest BCUT2D eigenvalue weighted by molar-refractivity contribution is 7.99. The number of H-pyrrole nitrogens is 1. The van der Waals surface area contributed by atoms with Gasteiger partial charge in [-0.1, -0.05) is 37.9 Å². The molecule has 0 atom stereocenters. The number of thioether (sulfide) groups is 1. The molecular weight excluding hydrogens is 438 g/mol. The number of hydrogen-bond acceptors (Lipinski definition) is 6. The summed E-state index contributed by atoms with van der Waals surface area (Å²) in [6.07, 6.45) is 5.84. The summed E-state index contributed by atoms with van der Waals surface area (Å²) in [4.78, 5) is 24.2. The van der Waals surface area contributed by atoms with Crippen LogP contribution in [-0.4, -0.2) is 52.2 Å². The zero-order valence-corrected chi connectivity index (χ0v) is 19.5. The lowest BCUT2D eigenvalue weighted by atomic mass is 9.96. The molecule has 9 nitrogen and oxygen atoms in total. The Bertz CT molecular complexity index is 1040. The van der Waals surface area contributed by atoms with Crippen LogP contribution < -0.4 is 11.0 Å². The molecule has 0 unspecified atom stereocenters.